The highest BCUT2D eigenvalue weighted by atomic mass is 19.1. The third-order valence-electron chi connectivity index (χ3n) is 6.28. The molecule has 0 unspecified atom stereocenters. The average Bonchev–Trinajstić information content (AvgIpc) is 2.74. The van der Waals surface area contributed by atoms with Crippen LogP contribution in [0.3, 0.4) is 0 Å². The lowest BCUT2D eigenvalue weighted by molar-refractivity contribution is -0.126. The topological polar surface area (TPSA) is 52.7 Å². The Bertz CT molecular complexity index is 676. The Labute approximate surface area is 173 Å². The Morgan fingerprint density at radius 3 is 2.24 bits per heavy atom. The Hall–Kier alpha value is -1.95. The maximum absolute atomic E-state index is 13.1. The molecule has 2 saturated heterocycles. The number of likely N-dealkylation sites (tertiary alicyclic amines) is 2. The molecule has 6 heteroatoms. The number of halogens is 1. The zero-order valence-corrected chi connectivity index (χ0v) is 17.7. The second kappa shape index (κ2) is 10.2. The van der Waals surface area contributed by atoms with Gasteiger partial charge >= 0.3 is 0 Å². The minimum atomic E-state index is -0.322. The fourth-order valence-electron chi connectivity index (χ4n) is 4.36. The molecule has 1 aromatic carbocycles. The normalized spacial score (nSPS) is 19.5. The van der Waals surface area contributed by atoms with Crippen molar-refractivity contribution in [1.29, 1.82) is 0 Å². The maximum Gasteiger partial charge on any atom is 0.253 e. The van der Waals surface area contributed by atoms with E-state index in [4.69, 9.17) is 0 Å². The Morgan fingerprint density at radius 1 is 1.03 bits per heavy atom. The lowest BCUT2D eigenvalue weighted by atomic mass is 9.92. The Morgan fingerprint density at radius 2 is 1.66 bits per heavy atom. The smallest absolute Gasteiger partial charge is 0.253 e. The van der Waals surface area contributed by atoms with E-state index in [1.807, 2.05) is 4.90 Å². The molecule has 3 rings (SSSR count). The van der Waals surface area contributed by atoms with Gasteiger partial charge < -0.3 is 15.1 Å². The quantitative estimate of drug-likeness (QED) is 0.793. The summed E-state index contributed by atoms with van der Waals surface area (Å²) in [6.45, 7) is 8.49. The van der Waals surface area contributed by atoms with Gasteiger partial charge in [-0.2, -0.15) is 0 Å². The molecule has 2 aliphatic heterocycles. The van der Waals surface area contributed by atoms with E-state index in [1.165, 1.54) is 12.1 Å². The van der Waals surface area contributed by atoms with E-state index in [2.05, 4.69) is 24.1 Å². The minimum absolute atomic E-state index is 0.0137. The molecule has 2 aliphatic rings. The van der Waals surface area contributed by atoms with Crippen molar-refractivity contribution in [2.24, 2.45) is 11.8 Å². The molecule has 0 bridgehead atoms. The maximum atomic E-state index is 13.1. The van der Waals surface area contributed by atoms with Crippen LogP contribution in [0.4, 0.5) is 4.39 Å². The van der Waals surface area contributed by atoms with Crippen LogP contribution in [-0.4, -0.2) is 60.4 Å². The lowest BCUT2D eigenvalue weighted by Gasteiger charge is -2.41. The molecular formula is C23H34FN3O2. The van der Waals surface area contributed by atoms with Crippen molar-refractivity contribution in [2.45, 2.75) is 52.0 Å². The summed E-state index contributed by atoms with van der Waals surface area (Å²) in [5.41, 5.74) is 0.550. The second-order valence-electron chi connectivity index (χ2n) is 8.81. The second-order valence-corrected chi connectivity index (χ2v) is 8.81. The highest BCUT2D eigenvalue weighted by Gasteiger charge is 2.31. The zero-order chi connectivity index (χ0) is 20.8. The van der Waals surface area contributed by atoms with Gasteiger partial charge in [0.15, 0.2) is 0 Å². The van der Waals surface area contributed by atoms with Gasteiger partial charge in [0.2, 0.25) is 5.91 Å². The molecular weight excluding hydrogens is 369 g/mol. The summed E-state index contributed by atoms with van der Waals surface area (Å²) in [4.78, 5) is 29.3. The predicted molar refractivity (Wildman–Crippen MR) is 112 cm³/mol. The van der Waals surface area contributed by atoms with Crippen LogP contribution in [-0.2, 0) is 4.79 Å². The van der Waals surface area contributed by atoms with Crippen molar-refractivity contribution in [3.63, 3.8) is 0 Å². The molecule has 0 aliphatic carbocycles. The molecule has 0 aromatic heterocycles. The van der Waals surface area contributed by atoms with Crippen molar-refractivity contribution >= 4 is 11.8 Å². The van der Waals surface area contributed by atoms with E-state index in [-0.39, 0.29) is 23.5 Å². The Balaban J connectivity index is 1.40. The van der Waals surface area contributed by atoms with E-state index < -0.39 is 0 Å². The third kappa shape index (κ3) is 6.01. The standard InChI is InChI=1S/C23H34FN3O2/c1-17(2)7-12-25-22(28)18-8-13-26(14-9-18)21-10-15-27(16-11-21)23(29)19-3-5-20(24)6-4-19/h3-6,17-18,21H,7-16H2,1-2H3,(H,25,28). The molecule has 0 spiro atoms. The zero-order valence-electron chi connectivity index (χ0n) is 17.7. The number of carbonyl (C=O) groups is 2. The van der Waals surface area contributed by atoms with Gasteiger partial charge in [0, 0.05) is 37.2 Å². The molecule has 2 amide bonds. The number of hydrogen-bond acceptors (Lipinski definition) is 3. The first kappa shape index (κ1) is 21.8. The lowest BCUT2D eigenvalue weighted by Crippen LogP contribution is -2.50. The number of nitrogens with one attached hydrogen (secondary N) is 1. The molecule has 5 nitrogen and oxygen atoms in total. The molecule has 0 radical (unpaired) electrons. The summed E-state index contributed by atoms with van der Waals surface area (Å²) >= 11 is 0. The van der Waals surface area contributed by atoms with Gasteiger partial charge in [-0.15, -0.1) is 0 Å². The number of carbonyl (C=O) groups excluding carboxylic acids is 2. The van der Waals surface area contributed by atoms with E-state index >= 15 is 0 Å². The number of piperidine rings is 2. The fourth-order valence-corrected chi connectivity index (χ4v) is 4.36. The minimum Gasteiger partial charge on any atom is -0.356 e. The average molecular weight is 404 g/mol. The van der Waals surface area contributed by atoms with E-state index in [1.54, 1.807) is 12.1 Å². The van der Waals surface area contributed by atoms with E-state index in [0.29, 0.717) is 17.5 Å². The van der Waals surface area contributed by atoms with Gasteiger partial charge in [-0.05, 0) is 75.4 Å². The molecule has 1 aromatic rings. The monoisotopic (exact) mass is 403 g/mol. The van der Waals surface area contributed by atoms with Crippen LogP contribution in [0.15, 0.2) is 24.3 Å². The van der Waals surface area contributed by atoms with Gasteiger partial charge in [0.05, 0.1) is 0 Å². The van der Waals surface area contributed by atoms with Crippen LogP contribution in [0, 0.1) is 17.7 Å². The summed E-state index contributed by atoms with van der Waals surface area (Å²) in [6.07, 6.45) is 4.78. The van der Waals surface area contributed by atoms with Crippen LogP contribution < -0.4 is 5.32 Å². The molecule has 1 N–H and O–H groups in total. The molecule has 0 saturated carbocycles. The highest BCUT2D eigenvalue weighted by Crippen LogP contribution is 2.25. The van der Waals surface area contributed by atoms with Crippen molar-refractivity contribution in [3.8, 4) is 0 Å². The number of rotatable bonds is 6. The summed E-state index contributed by atoms with van der Waals surface area (Å²) in [5, 5.41) is 3.09. The van der Waals surface area contributed by atoms with E-state index in [9.17, 15) is 14.0 Å². The first-order chi connectivity index (χ1) is 13.9. The number of amides is 2. The number of benzene rings is 1. The largest absolute Gasteiger partial charge is 0.356 e. The third-order valence-corrected chi connectivity index (χ3v) is 6.28. The van der Waals surface area contributed by atoms with Gasteiger partial charge in [0.1, 0.15) is 5.82 Å². The molecule has 160 valence electrons. The number of nitrogens with zero attached hydrogens (tertiary/aromatic N) is 2. The highest BCUT2D eigenvalue weighted by molar-refractivity contribution is 5.94. The summed E-state index contributed by atoms with van der Waals surface area (Å²) in [6, 6.07) is 6.27. The van der Waals surface area contributed by atoms with Crippen LogP contribution in [0.5, 0.6) is 0 Å². The van der Waals surface area contributed by atoms with Gasteiger partial charge in [0.25, 0.3) is 5.91 Å². The summed E-state index contributed by atoms with van der Waals surface area (Å²) in [7, 11) is 0. The van der Waals surface area contributed by atoms with Crippen LogP contribution in [0.25, 0.3) is 0 Å². The van der Waals surface area contributed by atoms with Crippen molar-refractivity contribution in [2.75, 3.05) is 32.7 Å². The van der Waals surface area contributed by atoms with E-state index in [0.717, 1.165) is 64.8 Å². The van der Waals surface area contributed by atoms with Crippen LogP contribution in [0.1, 0.15) is 56.3 Å². The summed E-state index contributed by atoms with van der Waals surface area (Å²) < 4.78 is 13.1. The van der Waals surface area contributed by atoms with Gasteiger partial charge in [-0.3, -0.25) is 9.59 Å². The van der Waals surface area contributed by atoms with Gasteiger partial charge in [-0.1, -0.05) is 13.8 Å². The SMILES string of the molecule is CC(C)CCNC(=O)C1CCN(C2CCN(C(=O)c3ccc(F)cc3)CC2)CC1. The molecule has 2 fully saturated rings. The fraction of sp³-hybridized carbons (Fsp3) is 0.652. The number of hydrogen-bond donors (Lipinski definition) is 1. The first-order valence-electron chi connectivity index (χ1n) is 11.0. The predicted octanol–water partition coefficient (Wildman–Crippen LogP) is 3.30. The van der Waals surface area contributed by atoms with Crippen LogP contribution >= 0.6 is 0 Å². The Kier molecular flexibility index (Phi) is 7.64. The first-order valence-corrected chi connectivity index (χ1v) is 11.0. The van der Waals surface area contributed by atoms with Crippen molar-refractivity contribution in [1.82, 2.24) is 15.1 Å². The molecule has 2 heterocycles. The van der Waals surface area contributed by atoms with Crippen molar-refractivity contribution < 1.29 is 14.0 Å². The molecule has 0 atom stereocenters. The van der Waals surface area contributed by atoms with Gasteiger partial charge in [-0.25, -0.2) is 4.39 Å². The van der Waals surface area contributed by atoms with Crippen LogP contribution in [0.2, 0.25) is 0 Å². The molecule has 29 heavy (non-hydrogen) atoms. The van der Waals surface area contributed by atoms with Crippen molar-refractivity contribution in [3.05, 3.63) is 35.6 Å². The summed E-state index contributed by atoms with van der Waals surface area (Å²) in [5.74, 6) is 0.624.